The van der Waals surface area contributed by atoms with Gasteiger partial charge >= 0.3 is 7.60 Å². The van der Waals surface area contributed by atoms with Gasteiger partial charge in [-0.25, -0.2) is 0 Å². The van der Waals surface area contributed by atoms with E-state index in [0.717, 1.165) is 11.1 Å². The van der Waals surface area contributed by atoms with Crippen molar-refractivity contribution >= 4 is 13.7 Å². The SMILES string of the molecule is [CH2]c1ccc(C=CP(=O)(OCC)OCC)cc1. The lowest BCUT2D eigenvalue weighted by Gasteiger charge is -2.12. The van der Waals surface area contributed by atoms with Gasteiger partial charge in [-0.15, -0.1) is 0 Å². The van der Waals surface area contributed by atoms with Crippen LogP contribution in [0.25, 0.3) is 6.08 Å². The molecule has 0 aliphatic heterocycles. The molecule has 3 nitrogen and oxygen atoms in total. The topological polar surface area (TPSA) is 35.5 Å². The van der Waals surface area contributed by atoms with Crippen molar-refractivity contribution in [3.05, 3.63) is 48.1 Å². The Kier molecular flexibility index (Phi) is 5.63. The lowest BCUT2D eigenvalue weighted by molar-refractivity contribution is 0.229. The Bertz CT molecular complexity index is 399. The first-order valence-corrected chi connectivity index (χ1v) is 7.21. The summed E-state index contributed by atoms with van der Waals surface area (Å²) in [6.07, 6.45) is 1.74. The molecule has 1 aromatic rings. The molecule has 0 bridgehead atoms. The van der Waals surface area contributed by atoms with Gasteiger partial charge in [0.1, 0.15) is 0 Å². The van der Waals surface area contributed by atoms with Crippen LogP contribution in [-0.4, -0.2) is 13.2 Å². The second-order valence-corrected chi connectivity index (χ2v) is 5.33. The van der Waals surface area contributed by atoms with E-state index < -0.39 is 7.60 Å². The van der Waals surface area contributed by atoms with Gasteiger partial charge in [-0.3, -0.25) is 4.57 Å². The molecule has 93 valence electrons. The molecule has 0 aliphatic carbocycles. The van der Waals surface area contributed by atoms with E-state index in [1.54, 1.807) is 19.9 Å². The zero-order valence-electron chi connectivity index (χ0n) is 10.3. The third kappa shape index (κ3) is 4.86. The molecule has 0 aliphatic rings. The van der Waals surface area contributed by atoms with Gasteiger partial charge in [0.15, 0.2) is 0 Å². The molecule has 1 aromatic carbocycles. The van der Waals surface area contributed by atoms with Gasteiger partial charge in [0, 0.05) is 5.82 Å². The maximum atomic E-state index is 12.1. The van der Waals surface area contributed by atoms with Gasteiger partial charge in [0.2, 0.25) is 0 Å². The molecule has 17 heavy (non-hydrogen) atoms. The highest BCUT2D eigenvalue weighted by molar-refractivity contribution is 7.57. The minimum Gasteiger partial charge on any atom is -0.306 e. The third-order valence-corrected chi connectivity index (χ3v) is 3.80. The molecule has 4 heteroatoms. The van der Waals surface area contributed by atoms with Gasteiger partial charge in [-0.1, -0.05) is 24.3 Å². The lowest BCUT2D eigenvalue weighted by Crippen LogP contribution is -1.92. The molecule has 0 unspecified atom stereocenters. The molecule has 0 heterocycles. The zero-order valence-corrected chi connectivity index (χ0v) is 11.2. The van der Waals surface area contributed by atoms with Crippen LogP contribution in [-0.2, 0) is 13.6 Å². The van der Waals surface area contributed by atoms with Crippen molar-refractivity contribution in [3.63, 3.8) is 0 Å². The fraction of sp³-hybridized carbons (Fsp3) is 0.308. The Morgan fingerprint density at radius 2 is 1.71 bits per heavy atom. The van der Waals surface area contributed by atoms with Crippen molar-refractivity contribution in [1.82, 2.24) is 0 Å². The van der Waals surface area contributed by atoms with E-state index in [9.17, 15) is 4.57 Å². The van der Waals surface area contributed by atoms with Crippen LogP contribution in [0.5, 0.6) is 0 Å². The predicted molar refractivity (Wildman–Crippen MR) is 70.8 cm³/mol. The average molecular weight is 253 g/mol. The molecule has 1 rings (SSSR count). The summed E-state index contributed by atoms with van der Waals surface area (Å²) in [6, 6.07) is 7.60. The van der Waals surface area contributed by atoms with Crippen LogP contribution in [0.3, 0.4) is 0 Å². The molecule has 0 atom stereocenters. The summed E-state index contributed by atoms with van der Waals surface area (Å²) in [6.45, 7) is 8.10. The van der Waals surface area contributed by atoms with Crippen molar-refractivity contribution in [3.8, 4) is 0 Å². The Morgan fingerprint density at radius 3 is 2.18 bits per heavy atom. The van der Waals surface area contributed by atoms with Gasteiger partial charge in [-0.05, 0) is 38.0 Å². The second-order valence-electron chi connectivity index (χ2n) is 3.43. The van der Waals surface area contributed by atoms with E-state index in [2.05, 4.69) is 6.92 Å². The zero-order chi connectivity index (χ0) is 12.7. The minimum absolute atomic E-state index is 0.361. The van der Waals surface area contributed by atoms with Crippen molar-refractivity contribution in [2.75, 3.05) is 13.2 Å². The van der Waals surface area contributed by atoms with E-state index in [1.165, 1.54) is 5.82 Å². The van der Waals surface area contributed by atoms with Crippen molar-refractivity contribution in [2.24, 2.45) is 0 Å². The normalized spacial score (nSPS) is 12.2. The van der Waals surface area contributed by atoms with Crippen molar-refractivity contribution in [1.29, 1.82) is 0 Å². The molecule has 0 fully saturated rings. The van der Waals surface area contributed by atoms with Crippen LogP contribution < -0.4 is 0 Å². The van der Waals surface area contributed by atoms with E-state index in [1.807, 2.05) is 24.3 Å². The summed E-state index contributed by atoms with van der Waals surface area (Å²) in [5, 5.41) is 0. The first-order valence-electron chi connectivity index (χ1n) is 5.59. The van der Waals surface area contributed by atoms with Crippen LogP contribution in [0, 0.1) is 6.92 Å². The molecular formula is C13H18O3P. The Hall–Kier alpha value is -0.890. The van der Waals surface area contributed by atoms with E-state index in [0.29, 0.717) is 13.2 Å². The number of hydrogen-bond acceptors (Lipinski definition) is 3. The molecule has 1 radical (unpaired) electrons. The van der Waals surface area contributed by atoms with E-state index in [-0.39, 0.29) is 0 Å². The number of rotatable bonds is 6. The highest BCUT2D eigenvalue weighted by atomic mass is 31.2. The molecule has 0 saturated heterocycles. The van der Waals surface area contributed by atoms with Gasteiger partial charge in [-0.2, -0.15) is 0 Å². The highest BCUT2D eigenvalue weighted by Gasteiger charge is 2.18. The summed E-state index contributed by atoms with van der Waals surface area (Å²) >= 11 is 0. The van der Waals surface area contributed by atoms with Crippen LogP contribution in [0.15, 0.2) is 30.1 Å². The maximum Gasteiger partial charge on any atom is 0.354 e. The summed E-state index contributed by atoms with van der Waals surface area (Å²) in [5.41, 5.74) is 1.89. The monoisotopic (exact) mass is 253 g/mol. The van der Waals surface area contributed by atoms with Crippen LogP contribution in [0.2, 0.25) is 0 Å². The summed E-state index contributed by atoms with van der Waals surface area (Å²) < 4.78 is 22.4. The molecule has 0 amide bonds. The lowest BCUT2D eigenvalue weighted by atomic mass is 10.2. The van der Waals surface area contributed by atoms with Crippen LogP contribution in [0.1, 0.15) is 25.0 Å². The van der Waals surface area contributed by atoms with Gasteiger partial charge in [0.25, 0.3) is 0 Å². The quantitative estimate of drug-likeness (QED) is 0.716. The largest absolute Gasteiger partial charge is 0.354 e. The van der Waals surface area contributed by atoms with Crippen molar-refractivity contribution in [2.45, 2.75) is 13.8 Å². The fourth-order valence-electron chi connectivity index (χ4n) is 1.29. The Balaban J connectivity index is 2.79. The summed E-state index contributed by atoms with van der Waals surface area (Å²) in [7, 11) is -3.09. The second kappa shape index (κ2) is 6.75. The van der Waals surface area contributed by atoms with Crippen LogP contribution in [0.4, 0.5) is 0 Å². The number of hydrogen-bond donors (Lipinski definition) is 0. The molecule has 0 aromatic heterocycles. The van der Waals surface area contributed by atoms with E-state index in [4.69, 9.17) is 9.05 Å². The van der Waals surface area contributed by atoms with E-state index >= 15 is 0 Å². The first-order chi connectivity index (χ1) is 8.09. The molecule has 0 spiro atoms. The Labute approximate surface area is 103 Å². The average Bonchev–Trinajstić information content (AvgIpc) is 2.29. The molecular weight excluding hydrogens is 235 g/mol. The molecule has 0 saturated carbocycles. The van der Waals surface area contributed by atoms with Crippen molar-refractivity contribution < 1.29 is 13.6 Å². The maximum absolute atomic E-state index is 12.1. The third-order valence-electron chi connectivity index (χ3n) is 2.05. The molecule has 0 N–H and O–H groups in total. The predicted octanol–water partition coefficient (Wildman–Crippen LogP) is 4.11. The highest BCUT2D eigenvalue weighted by Crippen LogP contribution is 2.49. The first kappa shape index (κ1) is 14.2. The van der Waals surface area contributed by atoms with Gasteiger partial charge in [0.05, 0.1) is 13.2 Å². The summed E-state index contributed by atoms with van der Waals surface area (Å²) in [4.78, 5) is 0. The minimum atomic E-state index is -3.09. The van der Waals surface area contributed by atoms with Gasteiger partial charge < -0.3 is 9.05 Å². The smallest absolute Gasteiger partial charge is 0.306 e. The number of benzene rings is 1. The van der Waals surface area contributed by atoms with Crippen LogP contribution >= 0.6 is 7.60 Å². The Morgan fingerprint density at radius 1 is 1.18 bits per heavy atom. The fourth-order valence-corrected chi connectivity index (χ4v) is 2.61. The standard InChI is InChI=1S/C13H18O3P/c1-4-15-17(14,16-5-2)11-10-13-8-6-12(3)7-9-13/h6-11H,3-5H2,1-2H3. The summed E-state index contributed by atoms with van der Waals surface area (Å²) in [5.74, 6) is 1.50.